The summed E-state index contributed by atoms with van der Waals surface area (Å²) in [7, 11) is 0. The maximum atomic E-state index is 3.86. The molecular formula is C14H26. The highest BCUT2D eigenvalue weighted by Gasteiger charge is 1.93. The summed E-state index contributed by atoms with van der Waals surface area (Å²) < 4.78 is 0. The van der Waals surface area contributed by atoms with Crippen molar-refractivity contribution >= 4 is 0 Å². The van der Waals surface area contributed by atoms with Gasteiger partial charge in [-0.1, -0.05) is 65.0 Å². The van der Waals surface area contributed by atoms with Crippen molar-refractivity contribution in [2.45, 2.75) is 58.3 Å². The third-order valence-corrected chi connectivity index (χ3v) is 2.49. The van der Waals surface area contributed by atoms with E-state index < -0.39 is 0 Å². The van der Waals surface area contributed by atoms with E-state index in [9.17, 15) is 0 Å². The van der Waals surface area contributed by atoms with Crippen LogP contribution in [0.15, 0.2) is 12.2 Å². The molecule has 0 saturated heterocycles. The SMILES string of the molecule is [CH2]CCCCCC/C=C/C(C)CC[CH2]. The zero-order valence-corrected chi connectivity index (χ0v) is 9.80. The lowest BCUT2D eigenvalue weighted by atomic mass is 10.0. The lowest BCUT2D eigenvalue weighted by Gasteiger charge is -2.02. The Morgan fingerprint density at radius 2 is 1.71 bits per heavy atom. The molecule has 0 saturated carbocycles. The van der Waals surface area contributed by atoms with Gasteiger partial charge in [0, 0.05) is 0 Å². The molecule has 2 radical (unpaired) electrons. The number of allylic oxidation sites excluding steroid dienone is 2. The molecule has 0 rings (SSSR count). The Morgan fingerprint density at radius 3 is 2.36 bits per heavy atom. The minimum Gasteiger partial charge on any atom is -0.0883 e. The van der Waals surface area contributed by atoms with Crippen LogP contribution in [0.4, 0.5) is 0 Å². The van der Waals surface area contributed by atoms with Crippen molar-refractivity contribution in [1.82, 2.24) is 0 Å². The molecule has 0 aliphatic carbocycles. The van der Waals surface area contributed by atoms with Gasteiger partial charge in [-0.3, -0.25) is 0 Å². The van der Waals surface area contributed by atoms with E-state index in [-0.39, 0.29) is 0 Å². The molecule has 0 heterocycles. The molecule has 0 N–H and O–H groups in total. The Labute approximate surface area is 90.8 Å². The van der Waals surface area contributed by atoms with Gasteiger partial charge in [0.1, 0.15) is 0 Å². The van der Waals surface area contributed by atoms with E-state index >= 15 is 0 Å². The van der Waals surface area contributed by atoms with Gasteiger partial charge in [0.05, 0.1) is 0 Å². The van der Waals surface area contributed by atoms with Crippen LogP contribution in [0, 0.1) is 19.8 Å². The molecule has 0 aromatic carbocycles. The summed E-state index contributed by atoms with van der Waals surface area (Å²) in [6.07, 6.45) is 14.6. The predicted octanol–water partition coefficient (Wildman–Crippen LogP) is 4.97. The number of unbranched alkanes of at least 4 members (excludes halogenated alkanes) is 5. The predicted molar refractivity (Wildman–Crippen MR) is 66.0 cm³/mol. The fourth-order valence-corrected chi connectivity index (χ4v) is 1.54. The van der Waals surface area contributed by atoms with E-state index in [1.54, 1.807) is 0 Å². The first-order chi connectivity index (χ1) is 6.81. The highest BCUT2D eigenvalue weighted by molar-refractivity contribution is 4.86. The summed E-state index contributed by atoms with van der Waals surface area (Å²) in [6.45, 7) is 9.98. The largest absolute Gasteiger partial charge is 0.0883 e. The van der Waals surface area contributed by atoms with Crippen molar-refractivity contribution in [1.29, 1.82) is 0 Å². The van der Waals surface area contributed by atoms with Gasteiger partial charge in [0.15, 0.2) is 0 Å². The zero-order chi connectivity index (χ0) is 10.6. The van der Waals surface area contributed by atoms with Crippen LogP contribution in [0.1, 0.15) is 58.3 Å². The lowest BCUT2D eigenvalue weighted by molar-refractivity contribution is 0.637. The monoisotopic (exact) mass is 194 g/mol. The molecule has 0 aliphatic rings. The summed E-state index contributed by atoms with van der Waals surface area (Å²) in [5.41, 5.74) is 0. The average Bonchev–Trinajstić information content (AvgIpc) is 2.17. The summed E-state index contributed by atoms with van der Waals surface area (Å²) >= 11 is 0. The van der Waals surface area contributed by atoms with Gasteiger partial charge in [0.25, 0.3) is 0 Å². The minimum absolute atomic E-state index is 0.715. The fraction of sp³-hybridized carbons (Fsp3) is 0.714. The van der Waals surface area contributed by atoms with Gasteiger partial charge in [-0.25, -0.2) is 0 Å². The Morgan fingerprint density at radius 1 is 1.00 bits per heavy atom. The van der Waals surface area contributed by atoms with Gasteiger partial charge in [0.2, 0.25) is 0 Å². The average molecular weight is 194 g/mol. The van der Waals surface area contributed by atoms with E-state index in [0.29, 0.717) is 5.92 Å². The molecule has 0 fully saturated rings. The standard InChI is InChI=1S/C14H26/c1-4-6-7-8-9-10-11-13-14(3)12-5-2/h11,13-14H,1-2,4-10,12H2,3H3/b13-11+. The second-order valence-corrected chi connectivity index (χ2v) is 4.10. The molecule has 0 spiro atoms. The first-order valence-electron chi connectivity index (χ1n) is 6.06. The highest BCUT2D eigenvalue weighted by atomic mass is 14.0. The Hall–Kier alpha value is -0.260. The Bertz CT molecular complexity index is 124. The van der Waals surface area contributed by atoms with Gasteiger partial charge in [-0.05, 0) is 25.2 Å². The van der Waals surface area contributed by atoms with Crippen LogP contribution in [0.3, 0.4) is 0 Å². The van der Waals surface area contributed by atoms with Crippen molar-refractivity contribution in [2.75, 3.05) is 0 Å². The van der Waals surface area contributed by atoms with Crippen molar-refractivity contribution in [3.8, 4) is 0 Å². The molecule has 0 nitrogen and oxygen atoms in total. The molecule has 1 atom stereocenters. The molecule has 14 heavy (non-hydrogen) atoms. The molecule has 0 aliphatic heterocycles. The Kier molecular flexibility index (Phi) is 10.6. The number of rotatable bonds is 9. The van der Waals surface area contributed by atoms with E-state index in [1.807, 2.05) is 0 Å². The van der Waals surface area contributed by atoms with E-state index in [0.717, 1.165) is 12.8 Å². The van der Waals surface area contributed by atoms with Crippen LogP contribution < -0.4 is 0 Å². The van der Waals surface area contributed by atoms with E-state index in [4.69, 9.17) is 0 Å². The Balaban J connectivity index is 3.17. The van der Waals surface area contributed by atoms with Crippen molar-refractivity contribution < 1.29 is 0 Å². The van der Waals surface area contributed by atoms with Crippen LogP contribution in [0.5, 0.6) is 0 Å². The molecular weight excluding hydrogens is 168 g/mol. The fourth-order valence-electron chi connectivity index (χ4n) is 1.54. The van der Waals surface area contributed by atoms with Gasteiger partial charge >= 0.3 is 0 Å². The summed E-state index contributed by atoms with van der Waals surface area (Å²) in [6, 6.07) is 0. The molecule has 0 aromatic rings. The van der Waals surface area contributed by atoms with Gasteiger partial charge in [-0.2, -0.15) is 0 Å². The van der Waals surface area contributed by atoms with Crippen molar-refractivity contribution in [2.24, 2.45) is 5.92 Å². The van der Waals surface area contributed by atoms with Crippen LogP contribution in [0.2, 0.25) is 0 Å². The summed E-state index contributed by atoms with van der Waals surface area (Å²) in [5.74, 6) is 0.715. The number of hydrogen-bond donors (Lipinski definition) is 0. The van der Waals surface area contributed by atoms with Crippen LogP contribution in [-0.2, 0) is 0 Å². The molecule has 0 bridgehead atoms. The first-order valence-corrected chi connectivity index (χ1v) is 6.06. The van der Waals surface area contributed by atoms with Gasteiger partial charge < -0.3 is 0 Å². The third-order valence-electron chi connectivity index (χ3n) is 2.49. The van der Waals surface area contributed by atoms with Crippen LogP contribution in [0.25, 0.3) is 0 Å². The van der Waals surface area contributed by atoms with E-state index in [2.05, 4.69) is 32.9 Å². The molecule has 0 heteroatoms. The van der Waals surface area contributed by atoms with Gasteiger partial charge in [-0.15, -0.1) is 0 Å². The molecule has 0 amide bonds. The normalized spacial score (nSPS) is 13.6. The van der Waals surface area contributed by atoms with Crippen molar-refractivity contribution in [3.63, 3.8) is 0 Å². The highest BCUT2D eigenvalue weighted by Crippen LogP contribution is 2.09. The lowest BCUT2D eigenvalue weighted by Crippen LogP contribution is -1.87. The second-order valence-electron chi connectivity index (χ2n) is 4.10. The van der Waals surface area contributed by atoms with Crippen LogP contribution in [-0.4, -0.2) is 0 Å². The topological polar surface area (TPSA) is 0 Å². The maximum absolute atomic E-state index is 3.86. The van der Waals surface area contributed by atoms with Crippen molar-refractivity contribution in [3.05, 3.63) is 26.0 Å². The second kappa shape index (κ2) is 10.8. The quantitative estimate of drug-likeness (QED) is 0.359. The third kappa shape index (κ3) is 9.83. The molecule has 1 unspecified atom stereocenters. The smallest absolute Gasteiger partial charge is 0.0262 e. The summed E-state index contributed by atoms with van der Waals surface area (Å²) in [5, 5.41) is 0. The zero-order valence-electron chi connectivity index (χ0n) is 9.80. The molecule has 82 valence electrons. The first kappa shape index (κ1) is 13.7. The number of hydrogen-bond acceptors (Lipinski definition) is 0. The van der Waals surface area contributed by atoms with E-state index in [1.165, 1.54) is 38.5 Å². The molecule has 0 aromatic heterocycles. The maximum Gasteiger partial charge on any atom is -0.0262 e. The minimum atomic E-state index is 0.715. The summed E-state index contributed by atoms with van der Waals surface area (Å²) in [4.78, 5) is 0. The van der Waals surface area contributed by atoms with Crippen LogP contribution >= 0.6 is 0 Å².